The molecule has 0 aliphatic carbocycles. The van der Waals surface area contributed by atoms with Crippen LogP contribution in [0.25, 0.3) is 0 Å². The number of carbonyl (C=O) groups is 1. The fourth-order valence-electron chi connectivity index (χ4n) is 2.21. The Balaban J connectivity index is 2.13. The minimum absolute atomic E-state index is 0.0341. The summed E-state index contributed by atoms with van der Waals surface area (Å²) in [7, 11) is -4.08. The third kappa shape index (κ3) is 6.75. The minimum Gasteiger partial charge on any atom is -0.414 e. The summed E-state index contributed by atoms with van der Waals surface area (Å²) in [5, 5.41) is -1.17. The highest BCUT2D eigenvalue weighted by Gasteiger charge is 2.31. The summed E-state index contributed by atoms with van der Waals surface area (Å²) >= 11 is 0.822. The molecular formula is C17H17F3N2O5S2. The summed E-state index contributed by atoms with van der Waals surface area (Å²) in [4.78, 5) is 15.3. The average Bonchev–Trinajstić information content (AvgIpc) is 3.01. The molecule has 0 radical (unpaired) electrons. The Bertz CT molecular complexity index is 956. The monoisotopic (exact) mass is 450 g/mol. The molecule has 0 amide bonds. The van der Waals surface area contributed by atoms with Gasteiger partial charge >= 0.3 is 12.3 Å². The van der Waals surface area contributed by atoms with Crippen molar-refractivity contribution in [2.45, 2.75) is 31.4 Å². The highest BCUT2D eigenvalue weighted by atomic mass is 32.2. The summed E-state index contributed by atoms with van der Waals surface area (Å²) in [6.07, 6.45) is -1.70. The van der Waals surface area contributed by atoms with Crippen LogP contribution in [0.3, 0.4) is 0 Å². The molecular weight excluding hydrogens is 433 g/mol. The molecule has 2 rings (SSSR count). The van der Waals surface area contributed by atoms with E-state index < -0.39 is 33.4 Å². The first-order valence-corrected chi connectivity index (χ1v) is 10.6. The van der Waals surface area contributed by atoms with Crippen molar-refractivity contribution in [2.24, 2.45) is 0 Å². The lowest BCUT2D eigenvalue weighted by molar-refractivity contribution is -0.274. The molecule has 12 heteroatoms. The van der Waals surface area contributed by atoms with Gasteiger partial charge < -0.3 is 9.47 Å². The van der Waals surface area contributed by atoms with Crippen LogP contribution in [0.4, 0.5) is 18.3 Å². The van der Waals surface area contributed by atoms with Crippen LogP contribution < -0.4 is 14.2 Å². The van der Waals surface area contributed by atoms with Gasteiger partial charge in [-0.3, -0.25) is 9.52 Å². The second kappa shape index (κ2) is 9.27. The molecule has 1 aromatic carbocycles. The van der Waals surface area contributed by atoms with E-state index in [1.165, 1.54) is 18.3 Å². The summed E-state index contributed by atoms with van der Waals surface area (Å²) in [5.41, 5.74) is 0.174. The Morgan fingerprint density at radius 1 is 1.34 bits per heavy atom. The lowest BCUT2D eigenvalue weighted by Crippen LogP contribution is -2.20. The zero-order chi connectivity index (χ0) is 21.7. The minimum atomic E-state index is -4.85. The summed E-state index contributed by atoms with van der Waals surface area (Å²) in [6, 6.07) is 4.38. The van der Waals surface area contributed by atoms with Crippen LogP contribution in [0.2, 0.25) is 0 Å². The number of nitrogens with zero attached hydrogens (tertiary/aromatic N) is 1. The third-order valence-electron chi connectivity index (χ3n) is 3.37. The normalized spacial score (nSPS) is 12.8. The van der Waals surface area contributed by atoms with Crippen LogP contribution in [-0.4, -0.2) is 25.7 Å². The number of nitrogens with one attached hydrogen (secondary N) is 1. The fourth-order valence-corrected chi connectivity index (χ4v) is 4.45. The van der Waals surface area contributed by atoms with Crippen molar-refractivity contribution in [1.82, 2.24) is 4.98 Å². The molecule has 1 N–H and O–H groups in total. The molecule has 7 nitrogen and oxygen atoms in total. The molecule has 0 saturated heterocycles. The van der Waals surface area contributed by atoms with Gasteiger partial charge in [-0.25, -0.2) is 13.4 Å². The van der Waals surface area contributed by atoms with E-state index in [0.29, 0.717) is 6.42 Å². The van der Waals surface area contributed by atoms with E-state index in [1.807, 2.05) is 6.92 Å². The maximum Gasteiger partial charge on any atom is 0.573 e. The second-order valence-electron chi connectivity index (χ2n) is 5.63. The molecule has 0 bridgehead atoms. The van der Waals surface area contributed by atoms with Crippen molar-refractivity contribution in [3.63, 3.8) is 0 Å². The van der Waals surface area contributed by atoms with Crippen LogP contribution in [0, 0.1) is 0 Å². The number of ether oxygens (including phenoxy) is 2. The van der Waals surface area contributed by atoms with Crippen LogP contribution in [-0.2, 0) is 14.8 Å². The Kier molecular flexibility index (Phi) is 7.25. The van der Waals surface area contributed by atoms with Gasteiger partial charge in [-0.05, 0) is 24.1 Å². The number of benzene rings is 1. The maximum absolute atomic E-state index is 12.6. The second-order valence-corrected chi connectivity index (χ2v) is 8.42. The molecule has 0 aliphatic rings. The van der Waals surface area contributed by atoms with Crippen LogP contribution in [0.1, 0.15) is 30.6 Å². The molecule has 1 unspecified atom stereocenters. The van der Waals surface area contributed by atoms with Crippen molar-refractivity contribution in [3.05, 3.63) is 48.7 Å². The highest BCUT2D eigenvalue weighted by molar-refractivity contribution is 7.93. The number of hydrogen-bond donors (Lipinski definition) is 1. The van der Waals surface area contributed by atoms with E-state index in [1.54, 1.807) is 0 Å². The molecule has 0 aliphatic heterocycles. The van der Waals surface area contributed by atoms with Gasteiger partial charge in [0, 0.05) is 6.42 Å². The molecule has 2 aromatic rings. The third-order valence-corrected chi connectivity index (χ3v) is 5.90. The zero-order valence-electron chi connectivity index (χ0n) is 15.1. The number of carbonyl (C=O) groups excluding carboxylic acids is 1. The van der Waals surface area contributed by atoms with E-state index in [0.717, 1.165) is 29.5 Å². The lowest BCUT2D eigenvalue weighted by Gasteiger charge is -2.15. The van der Waals surface area contributed by atoms with E-state index >= 15 is 0 Å². The standard InChI is InChI=1S/C17H17F3N2O5S2/c1-3-5-14(23)26-15-10-21-16(28-15)22-29(24,25)13(4-2)11-6-8-12(9-7-11)27-17(18,19)20/h4,6-10,13H,2-3,5H2,1H3,(H,21,22). The molecule has 29 heavy (non-hydrogen) atoms. The first kappa shape index (κ1) is 22.7. The Hall–Kier alpha value is -2.60. The average molecular weight is 450 g/mol. The quantitative estimate of drug-likeness (QED) is 0.449. The number of esters is 1. The largest absolute Gasteiger partial charge is 0.573 e. The van der Waals surface area contributed by atoms with Crippen molar-refractivity contribution in [2.75, 3.05) is 4.72 Å². The summed E-state index contributed by atoms with van der Waals surface area (Å²) in [5.74, 6) is -0.941. The Labute approximate surface area is 169 Å². The number of rotatable bonds is 9. The molecule has 1 aromatic heterocycles. The Morgan fingerprint density at radius 2 is 2.00 bits per heavy atom. The number of thiazole rings is 1. The van der Waals surface area contributed by atoms with E-state index in [2.05, 4.69) is 21.0 Å². The molecule has 0 fully saturated rings. The number of hydrogen-bond acceptors (Lipinski definition) is 7. The number of halogens is 3. The molecule has 1 atom stereocenters. The molecule has 0 saturated carbocycles. The number of alkyl halides is 3. The van der Waals surface area contributed by atoms with Crippen LogP contribution >= 0.6 is 11.3 Å². The summed E-state index contributed by atoms with van der Waals surface area (Å²) in [6.45, 7) is 5.29. The molecule has 0 spiro atoms. The van der Waals surface area contributed by atoms with Crippen molar-refractivity contribution < 1.29 is 35.9 Å². The number of sulfonamides is 1. The lowest BCUT2D eigenvalue weighted by atomic mass is 10.1. The number of anilines is 1. The predicted molar refractivity (Wildman–Crippen MR) is 101 cm³/mol. The first-order valence-electron chi connectivity index (χ1n) is 8.20. The van der Waals surface area contributed by atoms with Gasteiger partial charge in [-0.2, -0.15) is 0 Å². The van der Waals surface area contributed by atoms with E-state index in [-0.39, 0.29) is 22.2 Å². The summed E-state index contributed by atoms with van der Waals surface area (Å²) < 4.78 is 73.1. The van der Waals surface area contributed by atoms with Crippen LogP contribution in [0.5, 0.6) is 10.8 Å². The van der Waals surface area contributed by atoms with Gasteiger partial charge in [-0.15, -0.1) is 19.8 Å². The maximum atomic E-state index is 12.6. The van der Waals surface area contributed by atoms with Gasteiger partial charge in [-0.1, -0.05) is 36.5 Å². The van der Waals surface area contributed by atoms with E-state index in [9.17, 15) is 26.4 Å². The Morgan fingerprint density at radius 3 is 2.55 bits per heavy atom. The van der Waals surface area contributed by atoms with Gasteiger partial charge in [0.25, 0.3) is 0 Å². The SMILES string of the molecule is C=CC(c1ccc(OC(F)(F)F)cc1)S(=O)(=O)Nc1ncc(OC(=O)CCC)s1. The van der Waals surface area contributed by atoms with Gasteiger partial charge in [0.1, 0.15) is 11.0 Å². The molecule has 1 heterocycles. The van der Waals surface area contributed by atoms with Gasteiger partial charge in [0.15, 0.2) is 5.13 Å². The fraction of sp³-hybridized carbons (Fsp3) is 0.294. The predicted octanol–water partition coefficient (Wildman–Crippen LogP) is 4.42. The van der Waals surface area contributed by atoms with Crippen molar-refractivity contribution >= 4 is 32.5 Å². The van der Waals surface area contributed by atoms with Crippen LogP contribution in [0.15, 0.2) is 43.1 Å². The van der Waals surface area contributed by atoms with Gasteiger partial charge in [0.2, 0.25) is 15.1 Å². The van der Waals surface area contributed by atoms with E-state index in [4.69, 9.17) is 4.74 Å². The van der Waals surface area contributed by atoms with Crippen molar-refractivity contribution in [1.29, 1.82) is 0 Å². The highest BCUT2D eigenvalue weighted by Crippen LogP contribution is 2.32. The van der Waals surface area contributed by atoms with Gasteiger partial charge in [0.05, 0.1) is 6.20 Å². The first-order chi connectivity index (χ1) is 13.5. The smallest absolute Gasteiger partial charge is 0.414 e. The zero-order valence-corrected chi connectivity index (χ0v) is 16.7. The number of aromatic nitrogens is 1. The topological polar surface area (TPSA) is 94.6 Å². The molecule has 158 valence electrons. The van der Waals surface area contributed by atoms with Crippen molar-refractivity contribution in [3.8, 4) is 10.8 Å².